The molecule has 186 valence electrons. The summed E-state index contributed by atoms with van der Waals surface area (Å²) in [6.45, 7) is 4.26. The van der Waals surface area contributed by atoms with Crippen molar-refractivity contribution < 1.29 is 28.8 Å². The fraction of sp³-hybridized carbons (Fsp3) is 0.720. The van der Waals surface area contributed by atoms with Crippen LogP contribution in [0.15, 0.2) is 28.7 Å². The number of allylic oxidation sites excluding steroid dienone is 1. The van der Waals surface area contributed by atoms with E-state index in [1.807, 2.05) is 24.9 Å². The Kier molecular flexibility index (Phi) is 11.1. The summed E-state index contributed by atoms with van der Waals surface area (Å²) in [5.74, 6) is 0.402. The van der Waals surface area contributed by atoms with Crippen molar-refractivity contribution in [3.8, 4) is 0 Å². The van der Waals surface area contributed by atoms with Gasteiger partial charge in [0.15, 0.2) is 5.76 Å². The molecule has 1 aromatic rings. The van der Waals surface area contributed by atoms with Gasteiger partial charge < -0.3 is 29.0 Å². The summed E-state index contributed by atoms with van der Waals surface area (Å²) < 4.78 is 23.2. The SMILES string of the molecule is CCO[C@@H]1OC(C(=O)N(C)C2CCCCC2)=C[C@H](c2ccsc2)[C@H]1CCOCCOCCO. The van der Waals surface area contributed by atoms with Gasteiger partial charge in [-0.1, -0.05) is 19.3 Å². The van der Waals surface area contributed by atoms with E-state index in [2.05, 4.69) is 16.8 Å². The van der Waals surface area contributed by atoms with Gasteiger partial charge in [-0.05, 0) is 54.7 Å². The predicted octanol–water partition coefficient (Wildman–Crippen LogP) is 3.93. The van der Waals surface area contributed by atoms with E-state index >= 15 is 0 Å². The summed E-state index contributed by atoms with van der Waals surface area (Å²) in [6.07, 6.45) is 7.94. The Hall–Kier alpha value is -1.45. The molecule has 1 saturated carbocycles. The quantitative estimate of drug-likeness (QED) is 0.430. The molecule has 0 unspecified atom stereocenters. The molecule has 3 rings (SSSR count). The number of aliphatic hydroxyl groups is 1. The molecule has 0 spiro atoms. The van der Waals surface area contributed by atoms with Gasteiger partial charge >= 0.3 is 0 Å². The second-order valence-electron chi connectivity index (χ2n) is 8.66. The summed E-state index contributed by atoms with van der Waals surface area (Å²) in [5.41, 5.74) is 1.18. The van der Waals surface area contributed by atoms with Gasteiger partial charge in [0.2, 0.25) is 6.29 Å². The first-order chi connectivity index (χ1) is 16.2. The van der Waals surface area contributed by atoms with Crippen molar-refractivity contribution in [2.45, 2.75) is 63.7 Å². The van der Waals surface area contributed by atoms with Crippen LogP contribution in [0.25, 0.3) is 0 Å². The maximum Gasteiger partial charge on any atom is 0.288 e. The van der Waals surface area contributed by atoms with Crippen LogP contribution in [-0.2, 0) is 23.7 Å². The maximum atomic E-state index is 13.4. The number of amides is 1. The van der Waals surface area contributed by atoms with Gasteiger partial charge in [-0.2, -0.15) is 11.3 Å². The van der Waals surface area contributed by atoms with Crippen LogP contribution < -0.4 is 0 Å². The van der Waals surface area contributed by atoms with Crippen LogP contribution in [0.3, 0.4) is 0 Å². The first-order valence-corrected chi connectivity index (χ1v) is 13.2. The molecular formula is C25H39NO6S. The van der Waals surface area contributed by atoms with E-state index in [-0.39, 0.29) is 30.4 Å². The fourth-order valence-electron chi connectivity index (χ4n) is 4.69. The Labute approximate surface area is 201 Å². The van der Waals surface area contributed by atoms with Crippen LogP contribution >= 0.6 is 11.3 Å². The number of hydrogen-bond acceptors (Lipinski definition) is 7. The molecule has 0 aromatic carbocycles. The lowest BCUT2D eigenvalue weighted by molar-refractivity contribution is -0.172. The molecule has 8 heteroatoms. The molecule has 1 fully saturated rings. The van der Waals surface area contributed by atoms with Crippen LogP contribution in [0.1, 0.15) is 56.9 Å². The zero-order valence-corrected chi connectivity index (χ0v) is 20.8. The highest BCUT2D eigenvalue weighted by Crippen LogP contribution is 2.40. The van der Waals surface area contributed by atoms with Gasteiger partial charge in [0, 0.05) is 38.1 Å². The van der Waals surface area contributed by atoms with Crippen LogP contribution in [0, 0.1) is 5.92 Å². The number of carbonyl (C=O) groups is 1. The molecule has 0 radical (unpaired) electrons. The molecule has 1 N–H and O–H groups in total. The number of thiophene rings is 1. The Morgan fingerprint density at radius 3 is 2.61 bits per heavy atom. The molecule has 1 amide bonds. The van der Waals surface area contributed by atoms with Crippen molar-refractivity contribution >= 4 is 17.2 Å². The molecule has 1 aliphatic heterocycles. The summed E-state index contributed by atoms with van der Waals surface area (Å²) in [6, 6.07) is 2.39. The van der Waals surface area contributed by atoms with E-state index < -0.39 is 6.29 Å². The normalized spacial score (nSPS) is 23.7. The zero-order valence-electron chi connectivity index (χ0n) is 19.9. The van der Waals surface area contributed by atoms with Gasteiger partial charge in [-0.3, -0.25) is 4.79 Å². The largest absolute Gasteiger partial charge is 0.459 e. The summed E-state index contributed by atoms with van der Waals surface area (Å²) in [5, 5.41) is 13.0. The highest BCUT2D eigenvalue weighted by molar-refractivity contribution is 7.08. The standard InChI is InChI=1S/C25H39NO6S/c1-3-31-25-21(9-12-29-14-15-30-13-11-27)22(19-10-16-33-18-19)17-23(32-25)24(28)26(2)20-7-5-4-6-8-20/h10,16-18,20-22,25,27H,3-9,11-15H2,1-2H3/t21-,22-,25-/m1/s1. The van der Waals surface area contributed by atoms with E-state index in [4.69, 9.17) is 24.1 Å². The first-order valence-electron chi connectivity index (χ1n) is 12.2. The molecular weight excluding hydrogens is 442 g/mol. The molecule has 33 heavy (non-hydrogen) atoms. The van der Waals surface area contributed by atoms with E-state index in [9.17, 15) is 4.79 Å². The molecule has 0 bridgehead atoms. The fourth-order valence-corrected chi connectivity index (χ4v) is 5.40. The third-order valence-corrected chi connectivity index (χ3v) is 7.20. The number of hydrogen-bond donors (Lipinski definition) is 1. The summed E-state index contributed by atoms with van der Waals surface area (Å²) in [4.78, 5) is 15.2. The number of carbonyl (C=O) groups excluding carboxylic acids is 1. The van der Waals surface area contributed by atoms with E-state index in [0.29, 0.717) is 38.8 Å². The van der Waals surface area contributed by atoms with E-state index in [1.54, 1.807) is 11.3 Å². The van der Waals surface area contributed by atoms with Gasteiger partial charge in [0.05, 0.1) is 26.4 Å². The highest BCUT2D eigenvalue weighted by atomic mass is 32.1. The lowest BCUT2D eigenvalue weighted by Crippen LogP contribution is -2.43. The minimum Gasteiger partial charge on any atom is -0.459 e. The average Bonchev–Trinajstić information content (AvgIpc) is 3.38. The number of likely N-dealkylation sites (N-methyl/N-ethyl adjacent to an activating group) is 1. The summed E-state index contributed by atoms with van der Waals surface area (Å²) >= 11 is 1.65. The van der Waals surface area contributed by atoms with Gasteiger partial charge in [0.25, 0.3) is 5.91 Å². The van der Waals surface area contributed by atoms with Crippen molar-refractivity contribution in [3.63, 3.8) is 0 Å². The van der Waals surface area contributed by atoms with Crippen LogP contribution in [0.2, 0.25) is 0 Å². The molecule has 3 atom stereocenters. The molecule has 2 aliphatic rings. The first kappa shape index (κ1) is 26.2. The molecule has 1 aliphatic carbocycles. The van der Waals surface area contributed by atoms with Crippen LogP contribution in [0.4, 0.5) is 0 Å². The summed E-state index contributed by atoms with van der Waals surface area (Å²) in [7, 11) is 1.90. The molecule has 0 saturated heterocycles. The van der Waals surface area contributed by atoms with Crippen molar-refractivity contribution in [2.75, 3.05) is 46.7 Å². The number of aliphatic hydroxyl groups excluding tert-OH is 1. The smallest absolute Gasteiger partial charge is 0.288 e. The maximum absolute atomic E-state index is 13.4. The Morgan fingerprint density at radius 2 is 1.94 bits per heavy atom. The molecule has 7 nitrogen and oxygen atoms in total. The van der Waals surface area contributed by atoms with Crippen molar-refractivity contribution in [1.82, 2.24) is 4.90 Å². The average molecular weight is 482 g/mol. The Bertz CT molecular complexity index is 718. The minimum atomic E-state index is -0.502. The van der Waals surface area contributed by atoms with Crippen molar-refractivity contribution in [1.29, 1.82) is 0 Å². The van der Waals surface area contributed by atoms with Crippen molar-refractivity contribution in [3.05, 3.63) is 34.2 Å². The van der Waals surface area contributed by atoms with Crippen LogP contribution in [0.5, 0.6) is 0 Å². The minimum absolute atomic E-state index is 0.0150. The van der Waals surface area contributed by atoms with E-state index in [0.717, 1.165) is 19.3 Å². The zero-order chi connectivity index (χ0) is 23.5. The second kappa shape index (κ2) is 14.1. The monoisotopic (exact) mass is 481 g/mol. The predicted molar refractivity (Wildman–Crippen MR) is 128 cm³/mol. The lowest BCUT2D eigenvalue weighted by Gasteiger charge is -2.38. The van der Waals surface area contributed by atoms with Gasteiger partial charge in [-0.25, -0.2) is 0 Å². The van der Waals surface area contributed by atoms with Crippen LogP contribution in [-0.4, -0.2) is 74.9 Å². The lowest BCUT2D eigenvalue weighted by atomic mass is 9.82. The molecule has 1 aromatic heterocycles. The Morgan fingerprint density at radius 1 is 1.18 bits per heavy atom. The third kappa shape index (κ3) is 7.52. The Balaban J connectivity index is 1.71. The highest BCUT2D eigenvalue weighted by Gasteiger charge is 2.39. The number of rotatable bonds is 13. The van der Waals surface area contributed by atoms with E-state index in [1.165, 1.54) is 24.8 Å². The topological polar surface area (TPSA) is 77.5 Å². The van der Waals surface area contributed by atoms with Gasteiger partial charge in [-0.15, -0.1) is 0 Å². The third-order valence-electron chi connectivity index (χ3n) is 6.50. The van der Waals surface area contributed by atoms with Crippen molar-refractivity contribution in [2.24, 2.45) is 5.92 Å². The number of ether oxygens (including phenoxy) is 4. The second-order valence-corrected chi connectivity index (χ2v) is 9.44. The number of nitrogens with zero attached hydrogens (tertiary/aromatic N) is 1. The van der Waals surface area contributed by atoms with Gasteiger partial charge in [0.1, 0.15) is 0 Å². The molecule has 2 heterocycles.